The molecule has 0 saturated heterocycles. The molecule has 1 atom stereocenters. The van der Waals surface area contributed by atoms with Gasteiger partial charge < -0.3 is 10.5 Å². The van der Waals surface area contributed by atoms with Crippen molar-refractivity contribution >= 4 is 11.7 Å². The predicted molar refractivity (Wildman–Crippen MR) is 70.6 cm³/mol. The van der Waals surface area contributed by atoms with Gasteiger partial charge in [-0.3, -0.25) is 14.9 Å². The largest absolute Gasteiger partial charge is 0.459 e. The van der Waals surface area contributed by atoms with Crippen LogP contribution in [0.3, 0.4) is 0 Å². The number of halogens is 1. The molecule has 0 bridgehead atoms. The third kappa shape index (κ3) is 4.58. The summed E-state index contributed by atoms with van der Waals surface area (Å²) in [6, 6.07) is 1.95. The van der Waals surface area contributed by atoms with Crippen LogP contribution in [-0.2, 0) is 16.0 Å². The highest BCUT2D eigenvalue weighted by Gasteiger charge is 2.25. The number of hydrogen-bond donors (Lipinski definition) is 1. The standard InChI is InChI=1S/C13H17FN2O4/c1-13(2,3)20-12(17)10(15)7-8-6-9(14)4-5-11(8)16(18)19/h4-6,10H,7,15H2,1-3H3. The van der Waals surface area contributed by atoms with Crippen molar-refractivity contribution in [1.29, 1.82) is 0 Å². The molecule has 1 unspecified atom stereocenters. The molecule has 7 heteroatoms. The van der Waals surface area contributed by atoms with E-state index in [1.165, 1.54) is 0 Å². The Labute approximate surface area is 115 Å². The van der Waals surface area contributed by atoms with Crippen molar-refractivity contribution in [1.82, 2.24) is 0 Å². The van der Waals surface area contributed by atoms with Crippen molar-refractivity contribution in [3.63, 3.8) is 0 Å². The molecular formula is C13H17FN2O4. The van der Waals surface area contributed by atoms with Crippen LogP contribution in [0.2, 0.25) is 0 Å². The number of nitro benzene ring substituents is 1. The third-order valence-electron chi connectivity index (χ3n) is 2.39. The van der Waals surface area contributed by atoms with Crippen LogP contribution in [0.4, 0.5) is 10.1 Å². The van der Waals surface area contributed by atoms with Gasteiger partial charge in [0.1, 0.15) is 17.5 Å². The zero-order valence-corrected chi connectivity index (χ0v) is 11.6. The number of nitrogens with zero attached hydrogens (tertiary/aromatic N) is 1. The Balaban J connectivity index is 2.90. The Bertz CT molecular complexity index is 526. The van der Waals surface area contributed by atoms with Gasteiger partial charge in [0, 0.05) is 18.1 Å². The third-order valence-corrected chi connectivity index (χ3v) is 2.39. The molecule has 0 aliphatic rings. The molecule has 110 valence electrons. The van der Waals surface area contributed by atoms with Gasteiger partial charge in [-0.05, 0) is 32.9 Å². The van der Waals surface area contributed by atoms with Crippen LogP contribution < -0.4 is 5.73 Å². The molecule has 1 rings (SSSR count). The smallest absolute Gasteiger partial charge is 0.323 e. The number of carbonyl (C=O) groups excluding carboxylic acids is 1. The van der Waals surface area contributed by atoms with Gasteiger partial charge >= 0.3 is 5.97 Å². The second-order valence-electron chi connectivity index (χ2n) is 5.37. The van der Waals surface area contributed by atoms with Crippen molar-refractivity contribution < 1.29 is 18.8 Å². The van der Waals surface area contributed by atoms with Crippen molar-refractivity contribution in [3.05, 3.63) is 39.7 Å². The monoisotopic (exact) mass is 284 g/mol. The van der Waals surface area contributed by atoms with E-state index in [-0.39, 0.29) is 17.7 Å². The topological polar surface area (TPSA) is 95.5 Å². The first kappa shape index (κ1) is 16.0. The van der Waals surface area contributed by atoms with Crippen LogP contribution in [0, 0.1) is 15.9 Å². The summed E-state index contributed by atoms with van der Waals surface area (Å²) in [7, 11) is 0. The lowest BCUT2D eigenvalue weighted by molar-refractivity contribution is -0.385. The Morgan fingerprint density at radius 3 is 2.60 bits per heavy atom. The summed E-state index contributed by atoms with van der Waals surface area (Å²) in [6.07, 6.45) is -0.164. The second kappa shape index (κ2) is 5.96. The molecule has 1 aromatic rings. The van der Waals surface area contributed by atoms with Gasteiger partial charge in [0.05, 0.1) is 4.92 Å². The molecule has 0 saturated carbocycles. The minimum Gasteiger partial charge on any atom is -0.459 e. The highest BCUT2D eigenvalue weighted by atomic mass is 19.1. The molecule has 6 nitrogen and oxygen atoms in total. The molecule has 0 amide bonds. The first-order chi connectivity index (χ1) is 9.10. The quantitative estimate of drug-likeness (QED) is 0.518. The van der Waals surface area contributed by atoms with Crippen LogP contribution in [0.25, 0.3) is 0 Å². The maximum absolute atomic E-state index is 13.2. The minimum atomic E-state index is -1.09. The fourth-order valence-corrected chi connectivity index (χ4v) is 1.59. The number of benzene rings is 1. The molecular weight excluding hydrogens is 267 g/mol. The van der Waals surface area contributed by atoms with Crippen LogP contribution >= 0.6 is 0 Å². The summed E-state index contributed by atoms with van der Waals surface area (Å²) < 4.78 is 18.2. The average molecular weight is 284 g/mol. The zero-order chi connectivity index (χ0) is 15.5. The number of rotatable bonds is 4. The number of ether oxygens (including phenoxy) is 1. The van der Waals surface area contributed by atoms with E-state index in [1.807, 2.05) is 0 Å². The summed E-state index contributed by atoms with van der Waals surface area (Å²) in [4.78, 5) is 21.9. The van der Waals surface area contributed by atoms with Crippen LogP contribution in [0.15, 0.2) is 18.2 Å². The van der Waals surface area contributed by atoms with Crippen LogP contribution in [0.1, 0.15) is 26.3 Å². The van der Waals surface area contributed by atoms with Crippen molar-refractivity contribution in [3.8, 4) is 0 Å². The van der Waals surface area contributed by atoms with Crippen LogP contribution in [0.5, 0.6) is 0 Å². The molecule has 20 heavy (non-hydrogen) atoms. The second-order valence-corrected chi connectivity index (χ2v) is 5.37. The zero-order valence-electron chi connectivity index (χ0n) is 11.6. The fourth-order valence-electron chi connectivity index (χ4n) is 1.59. The molecule has 2 N–H and O–H groups in total. The highest BCUT2D eigenvalue weighted by molar-refractivity contribution is 5.76. The van der Waals surface area contributed by atoms with Gasteiger partial charge in [0.15, 0.2) is 0 Å². The summed E-state index contributed by atoms with van der Waals surface area (Å²) in [5.74, 6) is -1.31. The van der Waals surface area contributed by atoms with Gasteiger partial charge in [0.25, 0.3) is 5.69 Å². The van der Waals surface area contributed by atoms with Gasteiger partial charge in [-0.25, -0.2) is 4.39 Å². The maximum Gasteiger partial charge on any atom is 0.323 e. The van der Waals surface area contributed by atoms with Gasteiger partial charge in [0.2, 0.25) is 0 Å². The van der Waals surface area contributed by atoms with E-state index in [4.69, 9.17) is 10.5 Å². The van der Waals surface area contributed by atoms with E-state index >= 15 is 0 Å². The van der Waals surface area contributed by atoms with Crippen molar-refractivity contribution in [2.45, 2.75) is 38.8 Å². The first-order valence-electron chi connectivity index (χ1n) is 6.01. The highest BCUT2D eigenvalue weighted by Crippen LogP contribution is 2.21. The first-order valence-corrected chi connectivity index (χ1v) is 6.01. The summed E-state index contributed by atoms with van der Waals surface area (Å²) >= 11 is 0. The van der Waals surface area contributed by atoms with E-state index < -0.39 is 28.4 Å². The molecule has 0 aliphatic heterocycles. The molecule has 0 heterocycles. The van der Waals surface area contributed by atoms with E-state index in [1.54, 1.807) is 20.8 Å². The van der Waals surface area contributed by atoms with Crippen LogP contribution in [-0.4, -0.2) is 22.5 Å². The van der Waals surface area contributed by atoms with Crippen molar-refractivity contribution in [2.75, 3.05) is 0 Å². The summed E-state index contributed by atoms with van der Waals surface area (Å²) in [5, 5.41) is 10.8. The van der Waals surface area contributed by atoms with E-state index in [2.05, 4.69) is 0 Å². The molecule has 0 aromatic heterocycles. The number of nitro groups is 1. The molecule has 0 spiro atoms. The molecule has 0 aliphatic carbocycles. The summed E-state index contributed by atoms with van der Waals surface area (Å²) in [6.45, 7) is 5.05. The summed E-state index contributed by atoms with van der Waals surface area (Å²) in [5.41, 5.74) is 4.74. The van der Waals surface area contributed by atoms with E-state index in [0.29, 0.717) is 0 Å². The SMILES string of the molecule is CC(C)(C)OC(=O)C(N)Cc1cc(F)ccc1[N+](=O)[O-]. The lowest BCUT2D eigenvalue weighted by Crippen LogP contribution is -2.38. The molecule has 0 fully saturated rings. The van der Waals surface area contributed by atoms with Gasteiger partial charge in [-0.1, -0.05) is 0 Å². The minimum absolute atomic E-state index is 0.0633. The number of nitrogens with two attached hydrogens (primary N) is 1. The molecule has 0 radical (unpaired) electrons. The Hall–Kier alpha value is -2.02. The van der Waals surface area contributed by atoms with Gasteiger partial charge in [-0.15, -0.1) is 0 Å². The lowest BCUT2D eigenvalue weighted by Gasteiger charge is -2.22. The number of hydrogen-bond acceptors (Lipinski definition) is 5. The maximum atomic E-state index is 13.2. The molecule has 1 aromatic carbocycles. The number of esters is 1. The Morgan fingerprint density at radius 2 is 2.10 bits per heavy atom. The van der Waals surface area contributed by atoms with E-state index in [9.17, 15) is 19.3 Å². The number of carbonyl (C=O) groups is 1. The average Bonchev–Trinajstić information content (AvgIpc) is 2.26. The van der Waals surface area contributed by atoms with Crippen molar-refractivity contribution in [2.24, 2.45) is 5.73 Å². The predicted octanol–water partition coefficient (Wildman–Crippen LogP) is 1.95. The fraction of sp³-hybridized carbons (Fsp3) is 0.462. The van der Waals surface area contributed by atoms with E-state index in [0.717, 1.165) is 18.2 Å². The Morgan fingerprint density at radius 1 is 1.50 bits per heavy atom. The Kier molecular flexibility index (Phi) is 4.78. The van der Waals surface area contributed by atoms with Gasteiger partial charge in [-0.2, -0.15) is 0 Å². The lowest BCUT2D eigenvalue weighted by atomic mass is 10.0. The normalized spacial score (nSPS) is 12.8.